The number of amides is 2. The summed E-state index contributed by atoms with van der Waals surface area (Å²) in [6.45, 7) is 1.75. The first-order chi connectivity index (χ1) is 11.4. The minimum atomic E-state index is -1.08. The Balaban J connectivity index is 2.00. The molecule has 1 aromatic carbocycles. The Labute approximate surface area is 151 Å². The summed E-state index contributed by atoms with van der Waals surface area (Å²) in [5, 5.41) is 4.12. The van der Waals surface area contributed by atoms with Gasteiger partial charge in [0.2, 0.25) is 5.91 Å². The van der Waals surface area contributed by atoms with Gasteiger partial charge in [-0.3, -0.25) is 15.0 Å². The van der Waals surface area contributed by atoms with E-state index < -0.39 is 29.7 Å². The second-order valence-electron chi connectivity index (χ2n) is 5.03. The maximum absolute atomic E-state index is 12.7. The summed E-state index contributed by atoms with van der Waals surface area (Å²) in [6.07, 6.45) is 0. The van der Waals surface area contributed by atoms with Crippen LogP contribution in [0.3, 0.4) is 0 Å². The van der Waals surface area contributed by atoms with Crippen molar-refractivity contribution in [2.75, 3.05) is 11.5 Å². The molecule has 2 atom stereocenters. The van der Waals surface area contributed by atoms with E-state index in [0.717, 1.165) is 4.90 Å². The fourth-order valence-electron chi connectivity index (χ4n) is 2.63. The van der Waals surface area contributed by atoms with Gasteiger partial charge in [-0.2, -0.15) is 5.10 Å². The van der Waals surface area contributed by atoms with Crippen molar-refractivity contribution >= 4 is 64.0 Å². The van der Waals surface area contributed by atoms with E-state index in [2.05, 4.69) is 10.5 Å². The van der Waals surface area contributed by atoms with Crippen molar-refractivity contribution in [3.63, 3.8) is 0 Å². The van der Waals surface area contributed by atoms with Crippen LogP contribution in [0.15, 0.2) is 17.2 Å². The third-order valence-electron chi connectivity index (χ3n) is 3.61. The van der Waals surface area contributed by atoms with E-state index in [1.807, 2.05) is 0 Å². The zero-order valence-corrected chi connectivity index (χ0v) is 14.4. The molecule has 126 valence electrons. The Morgan fingerprint density at radius 1 is 1.25 bits per heavy atom. The molecule has 0 aliphatic carbocycles. The molecule has 2 aliphatic heterocycles. The van der Waals surface area contributed by atoms with Crippen molar-refractivity contribution in [1.82, 2.24) is 5.43 Å². The van der Waals surface area contributed by atoms with E-state index in [1.54, 1.807) is 6.92 Å². The quantitative estimate of drug-likeness (QED) is 0.630. The molecule has 1 saturated heterocycles. The lowest BCUT2D eigenvalue weighted by molar-refractivity contribution is -0.136. The van der Waals surface area contributed by atoms with Crippen molar-refractivity contribution in [3.05, 3.63) is 27.2 Å². The molecule has 7 nitrogen and oxygen atoms in total. The number of imide groups is 1. The first-order valence-electron chi connectivity index (χ1n) is 6.89. The lowest BCUT2D eigenvalue weighted by Crippen LogP contribution is -2.36. The number of carbonyl (C=O) groups is 3. The van der Waals surface area contributed by atoms with Crippen LogP contribution in [-0.4, -0.2) is 36.1 Å². The molecule has 2 amide bonds. The summed E-state index contributed by atoms with van der Waals surface area (Å²) in [5.41, 5.74) is 2.38. The molecule has 0 bridgehead atoms. The van der Waals surface area contributed by atoms with Gasteiger partial charge >= 0.3 is 5.97 Å². The molecule has 0 saturated carbocycles. The molecule has 2 unspecified atom stereocenters. The van der Waals surface area contributed by atoms with E-state index in [4.69, 9.17) is 39.5 Å². The fourth-order valence-corrected chi connectivity index (χ4v) is 3.62. The second kappa shape index (κ2) is 6.23. The van der Waals surface area contributed by atoms with Crippen LogP contribution < -0.4 is 10.3 Å². The topological polar surface area (TPSA) is 88.1 Å². The molecule has 0 radical (unpaired) electrons. The summed E-state index contributed by atoms with van der Waals surface area (Å²) < 4.78 is 4.86. The number of anilines is 1. The van der Waals surface area contributed by atoms with Crippen molar-refractivity contribution in [2.45, 2.75) is 13.0 Å². The molecule has 1 N–H and O–H groups in total. The van der Waals surface area contributed by atoms with E-state index in [0.29, 0.717) is 0 Å². The highest BCUT2D eigenvalue weighted by Crippen LogP contribution is 2.41. The van der Waals surface area contributed by atoms with Crippen LogP contribution in [-0.2, 0) is 19.1 Å². The Bertz CT molecular complexity index is 772. The normalized spacial score (nSPS) is 22.3. The zero-order chi connectivity index (χ0) is 17.6. The van der Waals surface area contributed by atoms with E-state index in [1.165, 1.54) is 12.1 Å². The number of nitrogens with zero attached hydrogens (tertiary/aromatic N) is 2. The maximum Gasteiger partial charge on any atom is 0.355 e. The summed E-state index contributed by atoms with van der Waals surface area (Å²) in [6, 6.07) is 1.74. The third kappa shape index (κ3) is 2.53. The smallest absolute Gasteiger partial charge is 0.355 e. The molecule has 24 heavy (non-hydrogen) atoms. The van der Waals surface area contributed by atoms with Crippen molar-refractivity contribution in [3.8, 4) is 0 Å². The number of halogens is 3. The molecule has 10 heteroatoms. The molecule has 0 spiro atoms. The molecule has 3 rings (SSSR count). The zero-order valence-electron chi connectivity index (χ0n) is 12.2. The van der Waals surface area contributed by atoms with Gasteiger partial charge in [-0.05, 0) is 19.1 Å². The Kier molecular flexibility index (Phi) is 4.42. The van der Waals surface area contributed by atoms with E-state index in [9.17, 15) is 14.4 Å². The standard InChI is InChI=1S/C14H10Cl3N3O4/c1-2-24-14(23)10-8-9(18-19-10)13(22)20(12(8)21)11-6(16)3-5(15)4-7(11)17/h3-4,8-9,18H,2H2,1H3. The largest absolute Gasteiger partial charge is 0.461 e. The van der Waals surface area contributed by atoms with Gasteiger partial charge in [0.05, 0.1) is 22.3 Å². The minimum absolute atomic E-state index is 0.0251. The number of benzene rings is 1. The monoisotopic (exact) mass is 389 g/mol. The molecular formula is C14H10Cl3N3O4. The molecule has 2 heterocycles. The number of fused-ring (bicyclic) bond motifs is 1. The first-order valence-corrected chi connectivity index (χ1v) is 8.02. The van der Waals surface area contributed by atoms with Gasteiger partial charge < -0.3 is 4.74 Å². The van der Waals surface area contributed by atoms with Crippen molar-refractivity contribution in [2.24, 2.45) is 11.0 Å². The summed E-state index contributed by atoms with van der Waals surface area (Å²) >= 11 is 18.0. The minimum Gasteiger partial charge on any atom is -0.461 e. The average molecular weight is 391 g/mol. The van der Waals surface area contributed by atoms with Crippen LogP contribution in [0.2, 0.25) is 15.1 Å². The van der Waals surface area contributed by atoms with Crippen LogP contribution in [0.5, 0.6) is 0 Å². The number of hydrogen-bond acceptors (Lipinski definition) is 6. The number of hydrogen-bond donors (Lipinski definition) is 1. The molecule has 1 fully saturated rings. The fraction of sp³-hybridized carbons (Fsp3) is 0.286. The van der Waals surface area contributed by atoms with Crippen LogP contribution in [0, 0.1) is 5.92 Å². The number of ether oxygens (including phenoxy) is 1. The summed E-state index contributed by atoms with van der Waals surface area (Å²) in [4.78, 5) is 38.1. The highest BCUT2D eigenvalue weighted by atomic mass is 35.5. The number of hydrazone groups is 1. The Morgan fingerprint density at radius 2 is 1.88 bits per heavy atom. The summed E-state index contributed by atoms with van der Waals surface area (Å²) in [7, 11) is 0. The van der Waals surface area contributed by atoms with Crippen LogP contribution in [0.1, 0.15) is 6.92 Å². The van der Waals surface area contributed by atoms with E-state index in [-0.39, 0.29) is 33.1 Å². The van der Waals surface area contributed by atoms with Gasteiger partial charge in [0, 0.05) is 5.02 Å². The van der Waals surface area contributed by atoms with Gasteiger partial charge in [-0.15, -0.1) is 0 Å². The number of esters is 1. The molecular weight excluding hydrogens is 381 g/mol. The molecule has 0 aromatic heterocycles. The average Bonchev–Trinajstić information content (AvgIpc) is 3.02. The van der Waals surface area contributed by atoms with Crippen LogP contribution in [0.25, 0.3) is 0 Å². The summed E-state index contributed by atoms with van der Waals surface area (Å²) in [5.74, 6) is -3.11. The van der Waals surface area contributed by atoms with Crippen LogP contribution >= 0.6 is 34.8 Å². The predicted molar refractivity (Wildman–Crippen MR) is 88.4 cm³/mol. The van der Waals surface area contributed by atoms with Gasteiger partial charge in [0.25, 0.3) is 5.91 Å². The number of carbonyl (C=O) groups excluding carboxylic acids is 3. The lowest BCUT2D eigenvalue weighted by atomic mass is 9.99. The van der Waals surface area contributed by atoms with Gasteiger partial charge in [-0.1, -0.05) is 34.8 Å². The second-order valence-corrected chi connectivity index (χ2v) is 6.28. The van der Waals surface area contributed by atoms with Crippen molar-refractivity contribution in [1.29, 1.82) is 0 Å². The van der Waals surface area contributed by atoms with E-state index >= 15 is 0 Å². The highest BCUT2D eigenvalue weighted by molar-refractivity contribution is 6.49. The van der Waals surface area contributed by atoms with Crippen LogP contribution in [0.4, 0.5) is 5.69 Å². The van der Waals surface area contributed by atoms with Gasteiger partial charge in [0.1, 0.15) is 12.0 Å². The predicted octanol–water partition coefficient (Wildman–Crippen LogP) is 2.03. The maximum atomic E-state index is 12.7. The highest BCUT2D eigenvalue weighted by Gasteiger charge is 2.56. The first kappa shape index (κ1) is 17.0. The molecule has 1 aromatic rings. The third-order valence-corrected chi connectivity index (χ3v) is 4.41. The Hall–Kier alpha value is -1.83. The lowest BCUT2D eigenvalue weighted by Gasteiger charge is -2.18. The Morgan fingerprint density at radius 3 is 2.46 bits per heavy atom. The molecule has 2 aliphatic rings. The number of rotatable bonds is 3. The van der Waals surface area contributed by atoms with Gasteiger partial charge in [0.15, 0.2) is 5.71 Å². The van der Waals surface area contributed by atoms with Gasteiger partial charge in [-0.25, -0.2) is 9.69 Å². The SMILES string of the molecule is CCOC(=O)C1=NNC2C(=O)N(c3c(Cl)cc(Cl)cc3Cl)C(=O)C12. The number of nitrogens with one attached hydrogen (secondary N) is 1. The van der Waals surface area contributed by atoms with Crippen molar-refractivity contribution < 1.29 is 19.1 Å².